The number of aliphatic hydroxyl groups is 2. The Morgan fingerprint density at radius 2 is 1.58 bits per heavy atom. The number of ether oxygens (including phenoxy) is 5. The van der Waals surface area contributed by atoms with Gasteiger partial charge in [0.2, 0.25) is 11.6 Å². The van der Waals surface area contributed by atoms with Crippen LogP contribution in [0, 0.1) is 41.4 Å². The molecule has 5 aliphatic heterocycles. The zero-order chi connectivity index (χ0) is 39.3. The SMILES string of the molecule is CCC(C(=O)O)[C@H]1CC[C@H](C)C([C@@H](C)[C@H](O)[C@H](C)C(=O)[C@H](CC)[C@H]2O[C@]3(C=CC(=O)[C@]4(CC[C@@](C)([C@H]5CC[C@](O)(CC)[C@H](C)O5)O4)O3)[C@H](C)C[C@@H]2C)O1. The van der Waals surface area contributed by atoms with Crippen molar-refractivity contribution in [3.8, 4) is 0 Å². The van der Waals surface area contributed by atoms with Gasteiger partial charge in [0.1, 0.15) is 5.78 Å². The van der Waals surface area contributed by atoms with Gasteiger partial charge in [0.15, 0.2) is 5.79 Å². The van der Waals surface area contributed by atoms with Gasteiger partial charge < -0.3 is 39.0 Å². The maximum Gasteiger partial charge on any atom is 0.309 e. The molecule has 5 rings (SSSR count). The fourth-order valence-corrected chi connectivity index (χ4v) is 10.4. The average molecular weight is 749 g/mol. The quantitative estimate of drug-likeness (QED) is 0.203. The third kappa shape index (κ3) is 7.83. The van der Waals surface area contributed by atoms with E-state index in [0.29, 0.717) is 57.8 Å². The average Bonchev–Trinajstić information content (AvgIpc) is 3.47. The van der Waals surface area contributed by atoms with E-state index >= 15 is 0 Å². The van der Waals surface area contributed by atoms with Crippen LogP contribution in [0.5, 0.6) is 0 Å². The van der Waals surface area contributed by atoms with E-state index < -0.39 is 70.7 Å². The molecule has 4 fully saturated rings. The molecule has 11 nitrogen and oxygen atoms in total. The van der Waals surface area contributed by atoms with Crippen molar-refractivity contribution in [1.29, 1.82) is 0 Å². The Morgan fingerprint density at radius 3 is 2.19 bits per heavy atom. The first kappa shape index (κ1) is 42.4. The maximum atomic E-state index is 14.4. The van der Waals surface area contributed by atoms with E-state index in [2.05, 4.69) is 13.8 Å². The molecule has 11 heteroatoms. The Labute approximate surface area is 316 Å². The normalized spacial score (nSPS) is 44.8. The van der Waals surface area contributed by atoms with Gasteiger partial charge in [-0.2, -0.15) is 0 Å². The number of ketones is 2. The maximum absolute atomic E-state index is 14.4. The molecule has 0 aromatic carbocycles. The van der Waals surface area contributed by atoms with Gasteiger partial charge >= 0.3 is 5.97 Å². The summed E-state index contributed by atoms with van der Waals surface area (Å²) in [6.45, 7) is 19.4. The number of carbonyl (C=O) groups excluding carboxylic acids is 2. The minimum atomic E-state index is -1.56. The van der Waals surface area contributed by atoms with Gasteiger partial charge in [-0.1, -0.05) is 55.4 Å². The lowest BCUT2D eigenvalue weighted by atomic mass is 9.72. The minimum absolute atomic E-state index is 0.00877. The van der Waals surface area contributed by atoms with E-state index in [1.165, 1.54) is 6.08 Å². The van der Waals surface area contributed by atoms with Gasteiger partial charge in [-0.05, 0) is 95.6 Å². The van der Waals surface area contributed by atoms with E-state index in [1.54, 1.807) is 13.0 Å². The van der Waals surface area contributed by atoms with Crippen molar-refractivity contribution < 1.29 is 53.4 Å². The van der Waals surface area contributed by atoms with Crippen LogP contribution in [0.3, 0.4) is 0 Å². The summed E-state index contributed by atoms with van der Waals surface area (Å²) >= 11 is 0. The monoisotopic (exact) mass is 748 g/mol. The number of hydrogen-bond acceptors (Lipinski definition) is 10. The number of hydrogen-bond donors (Lipinski definition) is 3. The summed E-state index contributed by atoms with van der Waals surface area (Å²) in [4.78, 5) is 40.0. The fourth-order valence-electron chi connectivity index (χ4n) is 10.4. The summed E-state index contributed by atoms with van der Waals surface area (Å²) in [5, 5.41) is 32.5. The molecule has 0 saturated carbocycles. The van der Waals surface area contributed by atoms with Crippen LogP contribution in [0.1, 0.15) is 133 Å². The topological polar surface area (TPSA) is 158 Å². The molecule has 0 bridgehead atoms. The molecule has 4 saturated heterocycles. The predicted molar refractivity (Wildman–Crippen MR) is 198 cm³/mol. The molecule has 53 heavy (non-hydrogen) atoms. The molecule has 0 amide bonds. The van der Waals surface area contributed by atoms with Crippen molar-refractivity contribution in [2.24, 2.45) is 41.4 Å². The van der Waals surface area contributed by atoms with Crippen molar-refractivity contribution in [2.75, 3.05) is 0 Å². The van der Waals surface area contributed by atoms with Crippen LogP contribution in [0.2, 0.25) is 0 Å². The highest BCUT2D eigenvalue weighted by Crippen LogP contribution is 2.53. The Hall–Kier alpha value is -1.73. The molecule has 3 N–H and O–H groups in total. The van der Waals surface area contributed by atoms with Crippen molar-refractivity contribution in [1.82, 2.24) is 0 Å². The lowest BCUT2D eigenvalue weighted by Gasteiger charge is -2.53. The number of aliphatic hydroxyl groups excluding tert-OH is 1. The number of carboxylic acids is 1. The molecule has 0 aliphatic carbocycles. The second kappa shape index (κ2) is 16.0. The molecule has 0 radical (unpaired) electrons. The van der Waals surface area contributed by atoms with E-state index in [1.807, 2.05) is 48.5 Å². The van der Waals surface area contributed by atoms with Gasteiger partial charge in [-0.3, -0.25) is 14.4 Å². The zero-order valence-electron chi connectivity index (χ0n) is 33.8. The summed E-state index contributed by atoms with van der Waals surface area (Å²) in [7, 11) is 0. The largest absolute Gasteiger partial charge is 0.481 e. The minimum Gasteiger partial charge on any atom is -0.481 e. The number of aliphatic carboxylic acids is 1. The Morgan fingerprint density at radius 1 is 0.906 bits per heavy atom. The third-order valence-corrected chi connectivity index (χ3v) is 14.3. The van der Waals surface area contributed by atoms with E-state index in [0.717, 1.165) is 6.42 Å². The first-order chi connectivity index (χ1) is 24.8. The first-order valence-electron chi connectivity index (χ1n) is 20.6. The molecule has 5 heterocycles. The molecule has 0 aromatic rings. The highest BCUT2D eigenvalue weighted by Gasteiger charge is 2.63. The highest BCUT2D eigenvalue weighted by molar-refractivity contribution is 5.97. The van der Waals surface area contributed by atoms with Crippen molar-refractivity contribution in [2.45, 2.75) is 193 Å². The smallest absolute Gasteiger partial charge is 0.309 e. The van der Waals surface area contributed by atoms with E-state index in [9.17, 15) is 29.7 Å². The fraction of sp³-hybridized carbons (Fsp3) is 0.881. The highest BCUT2D eigenvalue weighted by atomic mass is 16.8. The lowest BCUT2D eigenvalue weighted by Crippen LogP contribution is -2.62. The molecular formula is C42H68O11. The summed E-state index contributed by atoms with van der Waals surface area (Å²) in [6, 6.07) is 0. The van der Waals surface area contributed by atoms with E-state index in [-0.39, 0.29) is 47.6 Å². The van der Waals surface area contributed by atoms with Crippen LogP contribution in [0.25, 0.3) is 0 Å². The van der Waals surface area contributed by atoms with Crippen LogP contribution in [-0.4, -0.2) is 92.3 Å². The Bertz CT molecular complexity index is 1370. The Balaban J connectivity index is 1.31. The van der Waals surface area contributed by atoms with Crippen LogP contribution in [0.15, 0.2) is 12.2 Å². The summed E-state index contributed by atoms with van der Waals surface area (Å²) in [6.07, 6.45) is 5.84. The molecule has 2 spiro atoms. The van der Waals surface area contributed by atoms with Gasteiger partial charge in [0.05, 0.1) is 53.7 Å². The van der Waals surface area contributed by atoms with Crippen LogP contribution < -0.4 is 0 Å². The van der Waals surface area contributed by atoms with E-state index in [4.69, 9.17) is 23.7 Å². The lowest BCUT2D eigenvalue weighted by molar-refractivity contribution is -0.378. The van der Waals surface area contributed by atoms with Gasteiger partial charge in [0, 0.05) is 30.1 Å². The van der Waals surface area contributed by atoms with Crippen LogP contribution >= 0.6 is 0 Å². The summed E-state index contributed by atoms with van der Waals surface area (Å²) in [5.74, 6) is -6.46. The molecule has 302 valence electrons. The third-order valence-electron chi connectivity index (χ3n) is 14.3. The molecular weight excluding hydrogens is 680 g/mol. The van der Waals surface area contributed by atoms with Crippen LogP contribution in [-0.2, 0) is 38.1 Å². The molecule has 0 aromatic heterocycles. The first-order valence-corrected chi connectivity index (χ1v) is 20.6. The number of carbonyl (C=O) groups is 3. The predicted octanol–water partition coefficient (Wildman–Crippen LogP) is 6.40. The van der Waals surface area contributed by atoms with Gasteiger partial charge in [-0.15, -0.1) is 0 Å². The van der Waals surface area contributed by atoms with Gasteiger partial charge in [0.25, 0.3) is 0 Å². The number of rotatable bonds is 12. The van der Waals surface area contributed by atoms with Crippen molar-refractivity contribution in [3.63, 3.8) is 0 Å². The molecule has 2 unspecified atom stereocenters. The second-order valence-electron chi connectivity index (χ2n) is 17.8. The molecule has 17 atom stereocenters. The van der Waals surface area contributed by atoms with Crippen LogP contribution in [0.4, 0.5) is 0 Å². The van der Waals surface area contributed by atoms with Gasteiger partial charge in [-0.25, -0.2) is 0 Å². The summed E-state index contributed by atoms with van der Waals surface area (Å²) in [5.41, 5.74) is -1.71. The summed E-state index contributed by atoms with van der Waals surface area (Å²) < 4.78 is 33.2. The second-order valence-corrected chi connectivity index (χ2v) is 17.8. The zero-order valence-corrected chi connectivity index (χ0v) is 33.8. The standard InChI is InChI=1S/C42H68O11/c1-11-29(38(46)47)31-15-14-23(4)36(50-31)27(8)34(44)26(7)35(45)30(12-2)37-24(5)22-25(6)41(51-37)19-16-32(43)42(53-41)21-20-39(10,52-42)33-17-18-40(48,13-3)28(9)49-33/h16,19,23-31,33-34,36-37,44,48H,11-15,17-18,20-22H2,1-10H3,(H,46,47)/t23-,24-,25+,26-,27-,28-,29?,30-,31+,33+,34+,36?,37-,39-,40+,41-,42-/m0/s1. The van der Waals surface area contributed by atoms with Crippen molar-refractivity contribution in [3.05, 3.63) is 12.2 Å². The molecule has 5 aliphatic rings. The number of carboxylic acid groups (broad SMARTS) is 1. The Kier molecular flexibility index (Phi) is 12.8. The number of Topliss-reactive ketones (excluding diaryl/α,β-unsaturated/α-hetero) is 1. The van der Waals surface area contributed by atoms with Crippen molar-refractivity contribution >= 4 is 17.5 Å².